The summed E-state index contributed by atoms with van der Waals surface area (Å²) in [4.78, 5) is 27.6. The summed E-state index contributed by atoms with van der Waals surface area (Å²) in [5.74, 6) is -0.843. The van der Waals surface area contributed by atoms with Gasteiger partial charge in [-0.05, 0) is 37.0 Å². The van der Waals surface area contributed by atoms with Crippen LogP contribution in [0.15, 0.2) is 0 Å². The van der Waals surface area contributed by atoms with Crippen molar-refractivity contribution < 1.29 is 14.7 Å². The Balaban J connectivity index is 2.12. The Labute approximate surface area is 120 Å². The quantitative estimate of drug-likeness (QED) is 0.803. The number of amides is 2. The van der Waals surface area contributed by atoms with Gasteiger partial charge in [0.2, 0.25) is 0 Å². The lowest BCUT2D eigenvalue weighted by Gasteiger charge is -2.44. The molecule has 20 heavy (non-hydrogen) atoms. The van der Waals surface area contributed by atoms with Crippen LogP contribution < -0.4 is 0 Å². The Morgan fingerprint density at radius 3 is 2.50 bits per heavy atom. The summed E-state index contributed by atoms with van der Waals surface area (Å²) in [6.45, 7) is 8.30. The molecule has 2 amide bonds. The lowest BCUT2D eigenvalue weighted by Crippen LogP contribution is -2.58. The minimum absolute atomic E-state index is 0.0306. The van der Waals surface area contributed by atoms with E-state index in [0.717, 1.165) is 38.8 Å². The molecule has 2 heterocycles. The van der Waals surface area contributed by atoms with E-state index < -0.39 is 12.0 Å². The van der Waals surface area contributed by atoms with E-state index in [2.05, 4.69) is 13.8 Å². The standard InChI is InChI=1S/C15H26N2O3/c1-11-6-4-9-17(12(11)13(18)19)14(20)16-8-5-7-15(2,3)10-16/h11-12H,4-10H2,1-3H3,(H,18,19). The van der Waals surface area contributed by atoms with Gasteiger partial charge < -0.3 is 14.9 Å². The topological polar surface area (TPSA) is 60.9 Å². The van der Waals surface area contributed by atoms with Gasteiger partial charge in [-0.3, -0.25) is 0 Å². The lowest BCUT2D eigenvalue weighted by atomic mass is 9.84. The fourth-order valence-corrected chi connectivity index (χ4v) is 3.55. The molecule has 114 valence electrons. The molecule has 2 aliphatic heterocycles. The van der Waals surface area contributed by atoms with Crippen LogP contribution in [0.2, 0.25) is 0 Å². The number of hydrogen-bond donors (Lipinski definition) is 1. The van der Waals surface area contributed by atoms with Gasteiger partial charge in [-0.2, -0.15) is 0 Å². The first-order valence-corrected chi connectivity index (χ1v) is 7.60. The van der Waals surface area contributed by atoms with Gasteiger partial charge in [0, 0.05) is 19.6 Å². The third-order valence-electron chi connectivity index (χ3n) is 4.60. The maximum atomic E-state index is 12.7. The number of carbonyl (C=O) groups is 2. The van der Waals surface area contributed by atoms with Crippen LogP contribution in [-0.2, 0) is 4.79 Å². The smallest absolute Gasteiger partial charge is 0.326 e. The molecule has 2 unspecified atom stereocenters. The number of rotatable bonds is 1. The zero-order chi connectivity index (χ0) is 14.9. The number of likely N-dealkylation sites (tertiary alicyclic amines) is 2. The molecule has 2 fully saturated rings. The van der Waals surface area contributed by atoms with E-state index in [9.17, 15) is 14.7 Å². The van der Waals surface area contributed by atoms with Gasteiger partial charge in [-0.25, -0.2) is 9.59 Å². The number of carbonyl (C=O) groups excluding carboxylic acids is 1. The molecule has 0 saturated carbocycles. The first kappa shape index (κ1) is 15.1. The Morgan fingerprint density at radius 2 is 1.90 bits per heavy atom. The van der Waals surface area contributed by atoms with Gasteiger partial charge in [0.1, 0.15) is 6.04 Å². The zero-order valence-corrected chi connectivity index (χ0v) is 12.8. The van der Waals surface area contributed by atoms with Crippen molar-refractivity contribution in [2.75, 3.05) is 19.6 Å². The van der Waals surface area contributed by atoms with E-state index >= 15 is 0 Å². The summed E-state index contributed by atoms with van der Waals surface area (Å²) in [5, 5.41) is 9.42. The molecule has 0 aliphatic carbocycles. The van der Waals surface area contributed by atoms with Crippen LogP contribution in [0.25, 0.3) is 0 Å². The number of urea groups is 1. The summed E-state index contributed by atoms with van der Waals surface area (Å²) in [6.07, 6.45) is 3.90. The molecule has 0 spiro atoms. The van der Waals surface area contributed by atoms with E-state index in [1.807, 2.05) is 11.8 Å². The van der Waals surface area contributed by atoms with Crippen molar-refractivity contribution in [1.29, 1.82) is 0 Å². The predicted molar refractivity (Wildman–Crippen MR) is 76.5 cm³/mol. The molecule has 0 radical (unpaired) electrons. The van der Waals surface area contributed by atoms with E-state index in [1.54, 1.807) is 4.90 Å². The van der Waals surface area contributed by atoms with E-state index in [1.165, 1.54) is 0 Å². The van der Waals surface area contributed by atoms with Crippen LogP contribution >= 0.6 is 0 Å². The second kappa shape index (κ2) is 5.62. The van der Waals surface area contributed by atoms with Crippen molar-refractivity contribution >= 4 is 12.0 Å². The third kappa shape index (κ3) is 3.07. The number of nitrogens with zero attached hydrogens (tertiary/aromatic N) is 2. The molecule has 0 aromatic rings. The molecular weight excluding hydrogens is 256 g/mol. The Hall–Kier alpha value is -1.26. The molecule has 2 aliphatic rings. The summed E-state index contributed by atoms with van der Waals surface area (Å²) >= 11 is 0. The summed E-state index contributed by atoms with van der Waals surface area (Å²) in [6, 6.07) is -0.752. The van der Waals surface area contributed by atoms with Crippen molar-refractivity contribution in [2.24, 2.45) is 11.3 Å². The van der Waals surface area contributed by atoms with Gasteiger partial charge in [0.05, 0.1) is 0 Å². The highest BCUT2D eigenvalue weighted by Crippen LogP contribution is 2.31. The molecular formula is C15H26N2O3. The van der Waals surface area contributed by atoms with Gasteiger partial charge in [-0.15, -0.1) is 0 Å². The molecule has 5 heteroatoms. The van der Waals surface area contributed by atoms with Crippen LogP contribution in [0.4, 0.5) is 4.79 Å². The molecule has 0 aromatic carbocycles. The minimum atomic E-state index is -0.873. The van der Waals surface area contributed by atoms with Gasteiger partial charge in [0.15, 0.2) is 0 Å². The van der Waals surface area contributed by atoms with E-state index in [0.29, 0.717) is 6.54 Å². The van der Waals surface area contributed by atoms with Crippen LogP contribution in [-0.4, -0.2) is 52.6 Å². The van der Waals surface area contributed by atoms with E-state index in [4.69, 9.17) is 0 Å². The number of aliphatic carboxylic acids is 1. The minimum Gasteiger partial charge on any atom is -0.480 e. The van der Waals surface area contributed by atoms with Gasteiger partial charge >= 0.3 is 12.0 Å². The van der Waals surface area contributed by atoms with Crippen LogP contribution in [0.1, 0.15) is 46.5 Å². The van der Waals surface area contributed by atoms with Gasteiger partial charge in [0.25, 0.3) is 0 Å². The molecule has 0 bridgehead atoms. The lowest BCUT2D eigenvalue weighted by molar-refractivity contribution is -0.145. The SMILES string of the molecule is CC1CCCN(C(=O)N2CCCC(C)(C)C2)C1C(=O)O. The van der Waals surface area contributed by atoms with Crippen molar-refractivity contribution in [3.63, 3.8) is 0 Å². The number of hydrogen-bond acceptors (Lipinski definition) is 2. The molecule has 1 N–H and O–H groups in total. The molecule has 5 nitrogen and oxygen atoms in total. The maximum Gasteiger partial charge on any atom is 0.326 e. The van der Waals surface area contributed by atoms with Crippen molar-refractivity contribution in [1.82, 2.24) is 9.80 Å². The predicted octanol–water partition coefficient (Wildman–Crippen LogP) is 2.41. The van der Waals surface area contributed by atoms with Crippen LogP contribution in [0.3, 0.4) is 0 Å². The monoisotopic (exact) mass is 282 g/mol. The molecule has 0 aromatic heterocycles. The highest BCUT2D eigenvalue weighted by atomic mass is 16.4. The largest absolute Gasteiger partial charge is 0.480 e. The number of carboxylic acids is 1. The zero-order valence-electron chi connectivity index (χ0n) is 12.8. The van der Waals surface area contributed by atoms with Crippen LogP contribution in [0, 0.1) is 11.3 Å². The Bertz CT molecular complexity index is 395. The number of piperidine rings is 2. The molecule has 2 rings (SSSR count). The average Bonchev–Trinajstić information content (AvgIpc) is 2.35. The molecule has 2 saturated heterocycles. The Morgan fingerprint density at radius 1 is 1.20 bits per heavy atom. The van der Waals surface area contributed by atoms with Crippen LogP contribution in [0.5, 0.6) is 0 Å². The maximum absolute atomic E-state index is 12.7. The Kier molecular flexibility index (Phi) is 4.25. The highest BCUT2D eigenvalue weighted by Gasteiger charge is 2.40. The first-order valence-electron chi connectivity index (χ1n) is 7.60. The van der Waals surface area contributed by atoms with Crippen molar-refractivity contribution in [2.45, 2.75) is 52.5 Å². The summed E-state index contributed by atoms with van der Waals surface area (Å²) in [7, 11) is 0. The third-order valence-corrected chi connectivity index (χ3v) is 4.60. The fraction of sp³-hybridized carbons (Fsp3) is 0.867. The second-order valence-electron chi connectivity index (χ2n) is 7.07. The van der Waals surface area contributed by atoms with E-state index in [-0.39, 0.29) is 17.4 Å². The first-order chi connectivity index (χ1) is 9.32. The fourth-order valence-electron chi connectivity index (χ4n) is 3.55. The van der Waals surface area contributed by atoms with Crippen molar-refractivity contribution in [3.8, 4) is 0 Å². The van der Waals surface area contributed by atoms with Crippen molar-refractivity contribution in [3.05, 3.63) is 0 Å². The average molecular weight is 282 g/mol. The molecule has 2 atom stereocenters. The van der Waals surface area contributed by atoms with Gasteiger partial charge in [-0.1, -0.05) is 20.8 Å². The number of carboxylic acid groups (broad SMARTS) is 1. The second-order valence-corrected chi connectivity index (χ2v) is 7.07. The highest BCUT2D eigenvalue weighted by molar-refractivity contribution is 5.83. The summed E-state index contributed by atoms with van der Waals surface area (Å²) < 4.78 is 0. The normalized spacial score (nSPS) is 30.1. The summed E-state index contributed by atoms with van der Waals surface area (Å²) in [5.41, 5.74) is 0.133.